The summed E-state index contributed by atoms with van der Waals surface area (Å²) in [5, 5.41) is 12.0. The molecule has 1 saturated heterocycles. The molecule has 1 aliphatic rings. The zero-order valence-electron chi connectivity index (χ0n) is 14.4. The summed E-state index contributed by atoms with van der Waals surface area (Å²) in [4.78, 5) is 11.6. The number of thioether (sulfide) groups is 1. The van der Waals surface area contributed by atoms with Crippen LogP contribution in [0, 0.1) is 0 Å². The highest BCUT2D eigenvalue weighted by molar-refractivity contribution is 7.99. The number of nitrogens with zero attached hydrogens (tertiary/aromatic N) is 3. The number of hydrogen-bond donors (Lipinski definition) is 1. The summed E-state index contributed by atoms with van der Waals surface area (Å²) >= 11 is 1.38. The zero-order chi connectivity index (χ0) is 17.6. The molecule has 1 N–H and O–H groups in total. The zero-order valence-corrected chi connectivity index (χ0v) is 15.2. The summed E-state index contributed by atoms with van der Waals surface area (Å²) in [6, 6.07) is 7.72. The lowest BCUT2D eigenvalue weighted by Crippen LogP contribution is -2.21. The summed E-state index contributed by atoms with van der Waals surface area (Å²) in [7, 11) is 3.27. The van der Waals surface area contributed by atoms with E-state index in [0.717, 1.165) is 41.7 Å². The second-order valence-corrected chi connectivity index (χ2v) is 6.68. The summed E-state index contributed by atoms with van der Waals surface area (Å²) in [5.41, 5.74) is 0.957. The van der Waals surface area contributed by atoms with E-state index in [1.165, 1.54) is 11.8 Å². The minimum absolute atomic E-state index is 0.0392. The SMILES string of the molecule is CNC(=O)CSc1nnc(-c2ccc(OC)cc2)n1C[C@H]1CCCO1. The van der Waals surface area contributed by atoms with E-state index in [1.807, 2.05) is 28.8 Å². The number of hydrogen-bond acceptors (Lipinski definition) is 6. The highest BCUT2D eigenvalue weighted by Crippen LogP contribution is 2.27. The lowest BCUT2D eigenvalue weighted by molar-refractivity contribution is -0.118. The standard InChI is InChI=1S/C17H22N4O3S/c1-18-15(22)11-25-17-20-19-16(12-5-7-13(23-2)8-6-12)21(17)10-14-4-3-9-24-14/h5-8,14H,3-4,9-11H2,1-2H3,(H,18,22)/t14-/m1/s1. The molecule has 0 aliphatic carbocycles. The molecule has 2 heterocycles. The fourth-order valence-electron chi connectivity index (χ4n) is 2.71. The van der Waals surface area contributed by atoms with Crippen LogP contribution in [0.3, 0.4) is 0 Å². The third-order valence-electron chi connectivity index (χ3n) is 4.09. The Morgan fingerprint density at radius 2 is 2.20 bits per heavy atom. The Labute approximate surface area is 151 Å². The molecule has 134 valence electrons. The van der Waals surface area contributed by atoms with Crippen LogP contribution >= 0.6 is 11.8 Å². The van der Waals surface area contributed by atoms with Crippen molar-refractivity contribution in [1.82, 2.24) is 20.1 Å². The van der Waals surface area contributed by atoms with Gasteiger partial charge in [0.25, 0.3) is 0 Å². The van der Waals surface area contributed by atoms with Gasteiger partial charge in [-0.05, 0) is 37.1 Å². The molecule has 0 spiro atoms. The number of carbonyl (C=O) groups is 1. The maximum Gasteiger partial charge on any atom is 0.230 e. The highest BCUT2D eigenvalue weighted by Gasteiger charge is 2.22. The van der Waals surface area contributed by atoms with Gasteiger partial charge in [-0.2, -0.15) is 0 Å². The van der Waals surface area contributed by atoms with Crippen molar-refractivity contribution in [1.29, 1.82) is 0 Å². The van der Waals surface area contributed by atoms with Crippen LogP contribution < -0.4 is 10.1 Å². The van der Waals surface area contributed by atoms with Crippen molar-refractivity contribution in [2.24, 2.45) is 0 Å². The van der Waals surface area contributed by atoms with E-state index >= 15 is 0 Å². The van der Waals surface area contributed by atoms with E-state index in [2.05, 4.69) is 15.5 Å². The number of amides is 1. The van der Waals surface area contributed by atoms with Crippen molar-refractivity contribution in [3.63, 3.8) is 0 Å². The van der Waals surface area contributed by atoms with E-state index < -0.39 is 0 Å². The van der Waals surface area contributed by atoms with Gasteiger partial charge in [-0.15, -0.1) is 10.2 Å². The van der Waals surface area contributed by atoms with Crippen LogP contribution in [0.4, 0.5) is 0 Å². The summed E-state index contributed by atoms with van der Waals surface area (Å²) in [6.07, 6.45) is 2.26. The van der Waals surface area contributed by atoms with Crippen molar-refractivity contribution < 1.29 is 14.3 Å². The van der Waals surface area contributed by atoms with Crippen LogP contribution in [0.5, 0.6) is 5.75 Å². The first-order valence-corrected chi connectivity index (χ1v) is 9.22. The molecule has 0 bridgehead atoms. The number of ether oxygens (including phenoxy) is 2. The molecular weight excluding hydrogens is 340 g/mol. The van der Waals surface area contributed by atoms with Crippen LogP contribution in [-0.4, -0.2) is 53.3 Å². The second-order valence-electron chi connectivity index (χ2n) is 5.74. The molecule has 1 aliphatic heterocycles. The van der Waals surface area contributed by atoms with Gasteiger partial charge in [0, 0.05) is 19.2 Å². The van der Waals surface area contributed by atoms with Gasteiger partial charge in [-0.3, -0.25) is 9.36 Å². The van der Waals surface area contributed by atoms with E-state index in [4.69, 9.17) is 9.47 Å². The molecule has 0 unspecified atom stereocenters. The van der Waals surface area contributed by atoms with Gasteiger partial charge >= 0.3 is 0 Å². The first kappa shape index (κ1) is 17.8. The Hall–Kier alpha value is -2.06. The molecular formula is C17H22N4O3S. The van der Waals surface area contributed by atoms with Gasteiger partial charge < -0.3 is 14.8 Å². The van der Waals surface area contributed by atoms with Crippen molar-refractivity contribution >= 4 is 17.7 Å². The van der Waals surface area contributed by atoms with Gasteiger partial charge in [0.2, 0.25) is 5.91 Å². The third-order valence-corrected chi connectivity index (χ3v) is 5.05. The summed E-state index contributed by atoms with van der Waals surface area (Å²) in [5.74, 6) is 1.84. The van der Waals surface area contributed by atoms with Gasteiger partial charge in [-0.25, -0.2) is 0 Å². The molecule has 8 heteroatoms. The largest absolute Gasteiger partial charge is 0.497 e. The summed E-state index contributed by atoms with van der Waals surface area (Å²) in [6.45, 7) is 1.48. The summed E-state index contributed by atoms with van der Waals surface area (Å²) < 4.78 is 13.0. The molecule has 1 amide bonds. The van der Waals surface area contributed by atoms with Crippen LogP contribution in [0.25, 0.3) is 11.4 Å². The molecule has 1 fully saturated rings. The van der Waals surface area contributed by atoms with Crippen molar-refractivity contribution in [2.75, 3.05) is 26.5 Å². The number of nitrogens with one attached hydrogen (secondary N) is 1. The van der Waals surface area contributed by atoms with Crippen molar-refractivity contribution in [2.45, 2.75) is 30.6 Å². The molecule has 1 atom stereocenters. The maximum atomic E-state index is 11.6. The van der Waals surface area contributed by atoms with Crippen LogP contribution in [0.2, 0.25) is 0 Å². The molecule has 0 radical (unpaired) electrons. The number of aromatic nitrogens is 3. The Bertz CT molecular complexity index is 711. The monoisotopic (exact) mass is 362 g/mol. The third kappa shape index (κ3) is 4.32. The second kappa shape index (κ2) is 8.35. The highest BCUT2D eigenvalue weighted by atomic mass is 32.2. The van der Waals surface area contributed by atoms with Crippen LogP contribution in [0.1, 0.15) is 12.8 Å². The van der Waals surface area contributed by atoms with Gasteiger partial charge in [-0.1, -0.05) is 11.8 Å². The fourth-order valence-corrected chi connectivity index (χ4v) is 3.53. The minimum Gasteiger partial charge on any atom is -0.497 e. The van der Waals surface area contributed by atoms with Gasteiger partial charge in [0.1, 0.15) is 5.75 Å². The number of methoxy groups -OCH3 is 1. The van der Waals surface area contributed by atoms with E-state index in [1.54, 1.807) is 14.2 Å². The number of rotatable bonds is 7. The number of carbonyl (C=O) groups excluding carboxylic acids is 1. The van der Waals surface area contributed by atoms with Crippen LogP contribution in [0.15, 0.2) is 29.4 Å². The Morgan fingerprint density at radius 1 is 1.40 bits per heavy atom. The molecule has 0 saturated carbocycles. The quantitative estimate of drug-likeness (QED) is 0.759. The normalized spacial score (nSPS) is 16.8. The Morgan fingerprint density at radius 3 is 2.84 bits per heavy atom. The fraction of sp³-hybridized carbons (Fsp3) is 0.471. The predicted octanol–water partition coefficient (Wildman–Crippen LogP) is 1.97. The molecule has 25 heavy (non-hydrogen) atoms. The predicted molar refractivity (Wildman–Crippen MR) is 95.8 cm³/mol. The lowest BCUT2D eigenvalue weighted by Gasteiger charge is -2.14. The maximum absolute atomic E-state index is 11.6. The minimum atomic E-state index is -0.0392. The molecule has 3 rings (SSSR count). The van der Waals surface area contributed by atoms with E-state index in [9.17, 15) is 4.79 Å². The molecule has 1 aromatic carbocycles. The topological polar surface area (TPSA) is 78.3 Å². The molecule has 7 nitrogen and oxygen atoms in total. The van der Waals surface area contributed by atoms with E-state index in [-0.39, 0.29) is 12.0 Å². The average molecular weight is 362 g/mol. The first-order valence-electron chi connectivity index (χ1n) is 8.24. The molecule has 2 aromatic rings. The Balaban J connectivity index is 1.87. The first-order chi connectivity index (χ1) is 12.2. The van der Waals surface area contributed by atoms with E-state index in [0.29, 0.717) is 12.3 Å². The number of benzene rings is 1. The smallest absolute Gasteiger partial charge is 0.230 e. The average Bonchev–Trinajstić information content (AvgIpc) is 3.30. The lowest BCUT2D eigenvalue weighted by atomic mass is 10.2. The van der Waals surface area contributed by atoms with Crippen molar-refractivity contribution in [3.05, 3.63) is 24.3 Å². The Kier molecular flexibility index (Phi) is 5.93. The van der Waals surface area contributed by atoms with Gasteiger partial charge in [0.15, 0.2) is 11.0 Å². The van der Waals surface area contributed by atoms with Gasteiger partial charge in [0.05, 0.1) is 25.5 Å². The van der Waals surface area contributed by atoms with Crippen molar-refractivity contribution in [3.8, 4) is 17.1 Å². The van der Waals surface area contributed by atoms with Crippen LogP contribution in [-0.2, 0) is 16.1 Å². The molecule has 1 aromatic heterocycles.